The number of rotatable bonds is 12. The fourth-order valence-electron chi connectivity index (χ4n) is 6.88. The molecule has 3 aromatic heterocycles. The summed E-state index contributed by atoms with van der Waals surface area (Å²) in [7, 11) is 1.37. The van der Waals surface area contributed by atoms with Crippen LogP contribution in [0.15, 0.2) is 43.5 Å². The van der Waals surface area contributed by atoms with Gasteiger partial charge in [-0.05, 0) is 80.1 Å². The van der Waals surface area contributed by atoms with Gasteiger partial charge >= 0.3 is 17.9 Å². The van der Waals surface area contributed by atoms with Crippen LogP contribution in [0.5, 0.6) is 0 Å². The predicted molar refractivity (Wildman–Crippen MR) is 196 cm³/mol. The van der Waals surface area contributed by atoms with Gasteiger partial charge in [0.1, 0.15) is 6.04 Å². The first-order valence-electron chi connectivity index (χ1n) is 16.8. The average molecular weight is 694 g/mol. The molecule has 12 heteroatoms. The highest BCUT2D eigenvalue weighted by atomic mass is 16.5. The Hall–Kier alpha value is -5.78. The maximum atomic E-state index is 12.9. The molecular weight excluding hydrogens is 650 g/mol. The van der Waals surface area contributed by atoms with Gasteiger partial charge in [0.15, 0.2) is 0 Å². The number of ether oxygens (including phenoxy) is 1. The summed E-state index contributed by atoms with van der Waals surface area (Å²) in [5, 5.41) is 20.9. The van der Waals surface area contributed by atoms with Crippen LogP contribution in [0.2, 0.25) is 0 Å². The molecule has 3 atom stereocenters. The van der Waals surface area contributed by atoms with Crippen LogP contribution in [0.1, 0.15) is 96.4 Å². The van der Waals surface area contributed by atoms with Gasteiger partial charge in [-0.3, -0.25) is 19.4 Å². The number of carbonyl (C=O) groups excluding carboxylic acids is 2. The van der Waals surface area contributed by atoms with Gasteiger partial charge in [0, 0.05) is 69.3 Å². The summed E-state index contributed by atoms with van der Waals surface area (Å²) >= 11 is 0. The van der Waals surface area contributed by atoms with Gasteiger partial charge in [0.2, 0.25) is 5.91 Å². The Bertz CT molecular complexity index is 2160. The summed E-state index contributed by atoms with van der Waals surface area (Å²) in [6.45, 7) is 16.2. The van der Waals surface area contributed by atoms with Crippen molar-refractivity contribution < 1.29 is 34.1 Å². The Balaban J connectivity index is 1.75. The summed E-state index contributed by atoms with van der Waals surface area (Å²) in [5.41, 5.74) is 11.7. The molecule has 0 aromatic carbocycles. The second-order valence-corrected chi connectivity index (χ2v) is 13.0. The lowest BCUT2D eigenvalue weighted by atomic mass is 9.87. The van der Waals surface area contributed by atoms with Crippen LogP contribution in [0.25, 0.3) is 39.3 Å². The standard InChI is InChI=1S/C39H43N5O7/c1-8-23-19(3)27-14-28-22(6)26(11-13-38(48)51-7)34(42-28)17-33-25(10-12-36(45)44-35(39(49)50)18-37(46)47)21(5)30(43-33)16-32-24(9-2)20(4)29(41-32)15-31(23)40-27/h8-9,14-17,22,26,35,40,43H,1-2,10-13,18H2,3-7H3,(H,44,45)(H,46,47)(H,49,50). The first kappa shape index (κ1) is 36.5. The van der Waals surface area contributed by atoms with Gasteiger partial charge in [0.25, 0.3) is 0 Å². The number of nitrogens with zero attached hydrogens (tertiary/aromatic N) is 2. The fraction of sp³-hybridized carbons (Fsp3) is 0.333. The van der Waals surface area contributed by atoms with Crippen LogP contribution in [0.3, 0.4) is 0 Å². The molecule has 8 bridgehead atoms. The Labute approximate surface area is 295 Å². The largest absolute Gasteiger partial charge is 0.481 e. The van der Waals surface area contributed by atoms with Gasteiger partial charge in [-0.25, -0.2) is 9.78 Å². The molecule has 5 rings (SSSR count). The number of allylic oxidation sites excluding steroid dienone is 3. The number of aromatic amines is 2. The number of amides is 1. The van der Waals surface area contributed by atoms with Gasteiger partial charge in [-0.15, -0.1) is 0 Å². The van der Waals surface area contributed by atoms with Crippen molar-refractivity contribution in [1.82, 2.24) is 25.3 Å². The lowest BCUT2D eigenvalue weighted by Crippen LogP contribution is -2.42. The zero-order valence-electron chi connectivity index (χ0n) is 29.5. The molecule has 0 aliphatic carbocycles. The molecule has 3 aromatic rings. The highest BCUT2D eigenvalue weighted by Crippen LogP contribution is 2.41. The van der Waals surface area contributed by atoms with E-state index in [1.807, 2.05) is 51.1 Å². The first-order valence-corrected chi connectivity index (χ1v) is 16.8. The van der Waals surface area contributed by atoms with Crippen LogP contribution in [0.4, 0.5) is 0 Å². The predicted octanol–water partition coefficient (Wildman–Crippen LogP) is 6.51. The van der Waals surface area contributed by atoms with E-state index in [-0.39, 0.29) is 37.1 Å². The summed E-state index contributed by atoms with van der Waals surface area (Å²) < 4.78 is 4.95. The van der Waals surface area contributed by atoms with Crippen LogP contribution in [-0.2, 0) is 30.3 Å². The number of aliphatic carboxylic acids is 2. The van der Waals surface area contributed by atoms with E-state index in [1.165, 1.54) is 7.11 Å². The molecule has 5 heterocycles. The maximum absolute atomic E-state index is 12.9. The van der Waals surface area contributed by atoms with E-state index >= 15 is 0 Å². The zero-order valence-corrected chi connectivity index (χ0v) is 29.5. The van der Waals surface area contributed by atoms with Crippen molar-refractivity contribution >= 4 is 63.1 Å². The third-order valence-electron chi connectivity index (χ3n) is 9.89. The summed E-state index contributed by atoms with van der Waals surface area (Å²) in [4.78, 5) is 65.2. The van der Waals surface area contributed by atoms with E-state index in [4.69, 9.17) is 19.8 Å². The molecule has 51 heavy (non-hydrogen) atoms. The Morgan fingerprint density at radius 2 is 1.57 bits per heavy atom. The molecule has 5 N–H and O–H groups in total. The SMILES string of the molecule is C=CC1=C(C)c2cc3[nH]c(cc4nc(cc5[nH]c(cc1n2)c(C)c5CCC(=O)NC(CC(=O)O)C(=O)O)C(CCC(=O)OC)C4C)c(C)c3C=C. The molecule has 0 radical (unpaired) electrons. The van der Waals surface area contributed by atoms with Crippen molar-refractivity contribution in [3.8, 4) is 0 Å². The molecule has 0 spiro atoms. The third kappa shape index (κ3) is 7.54. The number of methoxy groups -OCH3 is 1. The average Bonchev–Trinajstić information content (AvgIpc) is 3.74. The summed E-state index contributed by atoms with van der Waals surface area (Å²) in [6.07, 6.45) is 3.70. The molecule has 2 aliphatic heterocycles. The molecule has 1 amide bonds. The van der Waals surface area contributed by atoms with E-state index in [2.05, 4.69) is 35.4 Å². The topological polar surface area (TPSA) is 187 Å². The summed E-state index contributed by atoms with van der Waals surface area (Å²) in [6, 6.07) is 6.38. The van der Waals surface area contributed by atoms with Crippen LogP contribution < -0.4 is 5.32 Å². The molecular formula is C39H43N5O7. The van der Waals surface area contributed by atoms with E-state index in [9.17, 15) is 24.3 Å². The minimum absolute atomic E-state index is 0.0475. The number of aryl methyl sites for hydroxylation is 3. The molecule has 12 nitrogen and oxygen atoms in total. The molecule has 2 aliphatic rings. The van der Waals surface area contributed by atoms with Crippen molar-refractivity contribution in [2.75, 3.05) is 7.11 Å². The van der Waals surface area contributed by atoms with Crippen molar-refractivity contribution in [3.63, 3.8) is 0 Å². The normalized spacial score (nSPS) is 16.0. The maximum Gasteiger partial charge on any atom is 0.326 e. The number of aromatic nitrogens is 4. The molecule has 0 fully saturated rings. The molecule has 3 unspecified atom stereocenters. The number of nitrogens with one attached hydrogen (secondary N) is 3. The van der Waals surface area contributed by atoms with Gasteiger partial charge in [-0.2, -0.15) is 0 Å². The Morgan fingerprint density at radius 3 is 2.22 bits per heavy atom. The van der Waals surface area contributed by atoms with Crippen molar-refractivity contribution in [2.45, 2.75) is 77.7 Å². The quantitative estimate of drug-likeness (QED) is 0.132. The number of fused-ring (bicyclic) bond motifs is 8. The van der Waals surface area contributed by atoms with E-state index < -0.39 is 30.3 Å². The highest BCUT2D eigenvalue weighted by molar-refractivity contribution is 5.97. The first-order chi connectivity index (χ1) is 24.3. The molecule has 0 saturated carbocycles. The minimum Gasteiger partial charge on any atom is -0.481 e. The van der Waals surface area contributed by atoms with E-state index in [1.54, 1.807) is 6.08 Å². The van der Waals surface area contributed by atoms with Crippen LogP contribution in [0, 0.1) is 13.8 Å². The van der Waals surface area contributed by atoms with Crippen molar-refractivity contribution in [2.24, 2.45) is 0 Å². The van der Waals surface area contributed by atoms with Gasteiger partial charge in [0.05, 0.1) is 24.9 Å². The van der Waals surface area contributed by atoms with Crippen molar-refractivity contribution in [3.05, 3.63) is 88.5 Å². The lowest BCUT2D eigenvalue weighted by molar-refractivity contribution is -0.147. The van der Waals surface area contributed by atoms with Crippen molar-refractivity contribution in [1.29, 1.82) is 0 Å². The third-order valence-corrected chi connectivity index (χ3v) is 9.89. The smallest absolute Gasteiger partial charge is 0.326 e. The van der Waals surface area contributed by atoms with Crippen LogP contribution >= 0.6 is 0 Å². The number of hydrogen-bond donors (Lipinski definition) is 5. The highest BCUT2D eigenvalue weighted by Gasteiger charge is 2.30. The molecule has 0 saturated heterocycles. The van der Waals surface area contributed by atoms with Gasteiger partial charge in [-0.1, -0.05) is 32.2 Å². The van der Waals surface area contributed by atoms with E-state index in [0.717, 1.165) is 67.0 Å². The minimum atomic E-state index is -1.55. The Kier molecular flexibility index (Phi) is 10.7. The number of H-pyrrole nitrogens is 2. The second-order valence-electron chi connectivity index (χ2n) is 13.0. The van der Waals surface area contributed by atoms with Gasteiger partial charge < -0.3 is 30.2 Å². The number of carboxylic acids is 2. The lowest BCUT2D eigenvalue weighted by Gasteiger charge is -2.15. The number of carboxylic acid groups (broad SMARTS) is 2. The van der Waals surface area contributed by atoms with Crippen LogP contribution in [-0.4, -0.2) is 67.1 Å². The Morgan fingerprint density at radius 1 is 0.902 bits per heavy atom. The number of carbonyl (C=O) groups is 4. The van der Waals surface area contributed by atoms with E-state index in [0.29, 0.717) is 17.6 Å². The molecule has 266 valence electrons. The second kappa shape index (κ2) is 15.0. The monoisotopic (exact) mass is 693 g/mol. The number of esters is 1. The summed E-state index contributed by atoms with van der Waals surface area (Å²) in [5.74, 6) is -3.83. The number of hydrogen-bond acceptors (Lipinski definition) is 7. The zero-order chi connectivity index (χ0) is 37.1. The fourth-order valence-corrected chi connectivity index (χ4v) is 6.88.